The molecule has 0 fully saturated rings. The fourth-order valence-electron chi connectivity index (χ4n) is 4.17. The molecule has 0 saturated heterocycles. The largest absolute Gasteiger partial charge is 0.355 e. The molecule has 2 N–H and O–H groups in total. The van der Waals surface area contributed by atoms with E-state index in [0.717, 1.165) is 44.8 Å². The molecule has 0 saturated carbocycles. The van der Waals surface area contributed by atoms with Gasteiger partial charge in [0.05, 0.1) is 22.8 Å². The Kier molecular flexibility index (Phi) is 4.57. The number of H-pyrrole nitrogens is 2. The Balaban J connectivity index is 1.68. The Bertz CT molecular complexity index is 1600. The zero-order valence-electron chi connectivity index (χ0n) is 17.4. The summed E-state index contributed by atoms with van der Waals surface area (Å²) in [5.74, 6) is 0. The Morgan fingerprint density at radius 2 is 1.25 bits per heavy atom. The summed E-state index contributed by atoms with van der Waals surface area (Å²) in [6.07, 6.45) is 8.12. The molecule has 0 aliphatic carbocycles. The number of aromatic amines is 2. The normalized spacial score (nSPS) is 12.4. The first-order valence-corrected chi connectivity index (χ1v) is 11.5. The lowest BCUT2D eigenvalue weighted by molar-refractivity contribution is 1.28. The van der Waals surface area contributed by atoms with Crippen molar-refractivity contribution < 1.29 is 0 Å². The molecule has 5 heteroatoms. The van der Waals surface area contributed by atoms with Crippen LogP contribution in [-0.4, -0.2) is 19.9 Å². The summed E-state index contributed by atoms with van der Waals surface area (Å²) in [4.78, 5) is 16.5. The third-order valence-electron chi connectivity index (χ3n) is 5.65. The van der Waals surface area contributed by atoms with Crippen molar-refractivity contribution in [3.05, 3.63) is 92.6 Å². The van der Waals surface area contributed by atoms with Crippen LogP contribution >= 0.6 is 22.6 Å². The van der Waals surface area contributed by atoms with Crippen LogP contribution in [0.25, 0.3) is 57.5 Å². The van der Waals surface area contributed by atoms with E-state index in [0.29, 0.717) is 0 Å². The third kappa shape index (κ3) is 3.69. The Morgan fingerprint density at radius 1 is 0.594 bits per heavy atom. The van der Waals surface area contributed by atoms with Crippen LogP contribution < -0.4 is 0 Å². The average molecular weight is 526 g/mol. The van der Waals surface area contributed by atoms with Crippen molar-refractivity contribution >= 4 is 69.0 Å². The monoisotopic (exact) mass is 526 g/mol. The van der Waals surface area contributed by atoms with Crippen LogP contribution in [0.1, 0.15) is 28.3 Å². The Labute approximate surface area is 198 Å². The molecule has 154 valence electrons. The van der Waals surface area contributed by atoms with Crippen molar-refractivity contribution in [3.8, 4) is 11.1 Å². The number of halogens is 1. The number of hydrogen-bond acceptors (Lipinski definition) is 2. The average Bonchev–Trinajstić information content (AvgIpc) is 3.53. The van der Waals surface area contributed by atoms with Gasteiger partial charge in [-0.2, -0.15) is 0 Å². The van der Waals surface area contributed by atoms with E-state index >= 15 is 0 Å². The molecule has 0 amide bonds. The van der Waals surface area contributed by atoms with Crippen LogP contribution in [0.15, 0.2) is 60.7 Å². The molecule has 4 aromatic rings. The van der Waals surface area contributed by atoms with Crippen molar-refractivity contribution in [2.24, 2.45) is 0 Å². The van der Waals surface area contributed by atoms with Gasteiger partial charge in [0.15, 0.2) is 0 Å². The molecule has 32 heavy (non-hydrogen) atoms. The van der Waals surface area contributed by atoms with Crippen LogP contribution in [0.3, 0.4) is 0 Å². The predicted molar refractivity (Wildman–Crippen MR) is 142 cm³/mol. The number of aryl methyl sites for hydroxylation is 1. The fourth-order valence-corrected chi connectivity index (χ4v) is 4.82. The van der Waals surface area contributed by atoms with E-state index in [9.17, 15) is 0 Å². The lowest BCUT2D eigenvalue weighted by atomic mass is 10.0. The molecule has 0 radical (unpaired) electrons. The van der Waals surface area contributed by atoms with Crippen molar-refractivity contribution in [1.29, 1.82) is 0 Å². The van der Waals surface area contributed by atoms with E-state index in [1.54, 1.807) is 0 Å². The van der Waals surface area contributed by atoms with E-state index in [2.05, 4.69) is 94.1 Å². The quantitative estimate of drug-likeness (QED) is 0.222. The van der Waals surface area contributed by atoms with Gasteiger partial charge in [0.2, 0.25) is 0 Å². The summed E-state index contributed by atoms with van der Waals surface area (Å²) in [5, 5.41) is 0. The van der Waals surface area contributed by atoms with Crippen LogP contribution in [0.2, 0.25) is 0 Å². The highest BCUT2D eigenvalue weighted by Crippen LogP contribution is 2.31. The number of nitrogens with zero attached hydrogens (tertiary/aromatic N) is 2. The molecular formula is C27H19IN4. The number of rotatable bonds is 1. The summed E-state index contributed by atoms with van der Waals surface area (Å²) in [7, 11) is 0. The number of fused-ring (bicyclic) bond motifs is 8. The lowest BCUT2D eigenvalue weighted by Crippen LogP contribution is -1.83. The first-order chi connectivity index (χ1) is 15.6. The maximum absolute atomic E-state index is 4.79. The molecule has 0 atom stereocenters. The van der Waals surface area contributed by atoms with Crippen molar-refractivity contribution in [2.45, 2.75) is 6.92 Å². The minimum Gasteiger partial charge on any atom is -0.355 e. The van der Waals surface area contributed by atoms with Crippen LogP contribution in [0.5, 0.6) is 0 Å². The Morgan fingerprint density at radius 3 is 1.97 bits per heavy atom. The van der Waals surface area contributed by atoms with Gasteiger partial charge >= 0.3 is 0 Å². The SMILES string of the molecule is Cc1cc(I)ccc1-c1cc2cc3ccc(cc4nc(cc5nc(cc1[nH]2)C=C5)C=C4)[nH]3. The Hall–Kier alpha value is -3.45. The second-order valence-corrected chi connectivity index (χ2v) is 9.29. The predicted octanol–water partition coefficient (Wildman–Crippen LogP) is 7.24. The molecule has 0 unspecified atom stereocenters. The van der Waals surface area contributed by atoms with E-state index < -0.39 is 0 Å². The summed E-state index contributed by atoms with van der Waals surface area (Å²) in [6, 6.07) is 21.3. The second-order valence-electron chi connectivity index (χ2n) is 8.05. The standard InChI is InChI=1S/C27H19IN4/c1-16-10-17(28)2-9-25(16)26-14-24-13-22-6-5-20(30-22)11-18-3-4-19(29-18)12-21-7-8-23(31-21)15-27(26)32-24/h2-15,30,32H,1H3. The number of aromatic nitrogens is 4. The smallest absolute Gasteiger partial charge is 0.0659 e. The molecule has 6 rings (SSSR count). The molecule has 2 aliphatic rings. The van der Waals surface area contributed by atoms with E-state index in [-0.39, 0.29) is 0 Å². The zero-order chi connectivity index (χ0) is 21.7. The van der Waals surface area contributed by atoms with Gasteiger partial charge in [-0.1, -0.05) is 6.07 Å². The minimum absolute atomic E-state index is 0.903. The van der Waals surface area contributed by atoms with E-state index in [1.807, 2.05) is 30.4 Å². The molecule has 2 aliphatic heterocycles. The number of nitrogens with one attached hydrogen (secondary N) is 2. The first kappa shape index (κ1) is 19.3. The molecular weight excluding hydrogens is 507 g/mol. The van der Waals surface area contributed by atoms with E-state index in [1.165, 1.54) is 20.3 Å². The van der Waals surface area contributed by atoms with Crippen molar-refractivity contribution in [1.82, 2.24) is 19.9 Å². The summed E-state index contributed by atoms with van der Waals surface area (Å²) in [6.45, 7) is 2.16. The topological polar surface area (TPSA) is 57.4 Å². The van der Waals surface area contributed by atoms with Gasteiger partial charge in [0.1, 0.15) is 0 Å². The molecule has 0 spiro atoms. The molecule has 3 aromatic heterocycles. The fraction of sp³-hybridized carbons (Fsp3) is 0.0370. The van der Waals surface area contributed by atoms with Crippen LogP contribution in [0, 0.1) is 10.5 Å². The number of benzene rings is 1. The zero-order valence-corrected chi connectivity index (χ0v) is 19.5. The minimum atomic E-state index is 0.903. The van der Waals surface area contributed by atoms with Gasteiger partial charge in [-0.15, -0.1) is 0 Å². The van der Waals surface area contributed by atoms with Gasteiger partial charge in [-0.25, -0.2) is 9.97 Å². The van der Waals surface area contributed by atoms with Gasteiger partial charge in [-0.05, 0) is 120 Å². The van der Waals surface area contributed by atoms with Crippen LogP contribution in [0.4, 0.5) is 0 Å². The molecule has 5 heterocycles. The van der Waals surface area contributed by atoms with Crippen LogP contribution in [-0.2, 0) is 0 Å². The first-order valence-electron chi connectivity index (χ1n) is 10.4. The van der Waals surface area contributed by atoms with Gasteiger partial charge < -0.3 is 9.97 Å². The maximum atomic E-state index is 4.79. The summed E-state index contributed by atoms with van der Waals surface area (Å²) in [5.41, 5.74) is 11.4. The van der Waals surface area contributed by atoms with E-state index in [4.69, 9.17) is 9.97 Å². The lowest BCUT2D eigenvalue weighted by Gasteiger charge is -2.04. The maximum Gasteiger partial charge on any atom is 0.0659 e. The van der Waals surface area contributed by atoms with Gasteiger partial charge in [-0.3, -0.25) is 0 Å². The highest BCUT2D eigenvalue weighted by Gasteiger charge is 2.09. The van der Waals surface area contributed by atoms with Gasteiger partial charge in [0.25, 0.3) is 0 Å². The second kappa shape index (κ2) is 7.60. The van der Waals surface area contributed by atoms with Gasteiger partial charge in [0, 0.05) is 31.2 Å². The molecule has 1 aromatic carbocycles. The highest BCUT2D eigenvalue weighted by molar-refractivity contribution is 14.1. The molecule has 4 nitrogen and oxygen atoms in total. The van der Waals surface area contributed by atoms with Crippen molar-refractivity contribution in [2.75, 3.05) is 0 Å². The molecule has 8 bridgehead atoms. The van der Waals surface area contributed by atoms with Crippen molar-refractivity contribution in [3.63, 3.8) is 0 Å². The highest BCUT2D eigenvalue weighted by atomic mass is 127. The summed E-state index contributed by atoms with van der Waals surface area (Å²) < 4.78 is 1.24. The number of hydrogen-bond donors (Lipinski definition) is 2. The summed E-state index contributed by atoms with van der Waals surface area (Å²) >= 11 is 2.36. The third-order valence-corrected chi connectivity index (χ3v) is 6.32.